The van der Waals surface area contributed by atoms with Crippen LogP contribution in [-0.4, -0.2) is 22.1 Å². The Bertz CT molecular complexity index is 607. The molecule has 3 N–H and O–H groups in total. The van der Waals surface area contributed by atoms with E-state index in [-0.39, 0.29) is 6.04 Å². The van der Waals surface area contributed by atoms with Crippen molar-refractivity contribution in [2.45, 2.75) is 58.0 Å². The van der Waals surface area contributed by atoms with E-state index in [2.05, 4.69) is 29.1 Å². The summed E-state index contributed by atoms with van der Waals surface area (Å²) in [5, 5.41) is 4.77. The Morgan fingerprint density at radius 3 is 2.85 bits per heavy atom. The molecule has 2 heterocycles. The lowest BCUT2D eigenvalue weighted by atomic mass is 10.0. The van der Waals surface area contributed by atoms with E-state index in [0.717, 1.165) is 23.5 Å². The molecule has 0 bridgehead atoms. The van der Waals surface area contributed by atoms with Gasteiger partial charge in [0.1, 0.15) is 17.0 Å². The molecule has 0 radical (unpaired) electrons. The van der Waals surface area contributed by atoms with Crippen LogP contribution in [0.15, 0.2) is 6.33 Å². The average molecular weight is 290 g/mol. The molecule has 0 saturated heterocycles. The number of rotatable bonds is 2. The second-order valence-corrected chi connectivity index (χ2v) is 6.94. The van der Waals surface area contributed by atoms with Crippen LogP contribution in [0.25, 0.3) is 10.2 Å². The lowest BCUT2D eigenvalue weighted by Crippen LogP contribution is -2.39. The average Bonchev–Trinajstić information content (AvgIpc) is 2.60. The summed E-state index contributed by atoms with van der Waals surface area (Å²) in [5.74, 6) is 0.958. The maximum atomic E-state index is 6.31. The summed E-state index contributed by atoms with van der Waals surface area (Å²) in [6, 6.07) is 0.553. The number of nitrogens with two attached hydrogens (primary N) is 1. The molecule has 2 unspecified atom stereocenters. The number of fused-ring (bicyclic) bond motifs is 1. The number of thiophene rings is 1. The van der Waals surface area contributed by atoms with Gasteiger partial charge in [-0.3, -0.25) is 0 Å². The minimum Gasteiger partial charge on any atom is -0.365 e. The monoisotopic (exact) mass is 290 g/mol. The van der Waals surface area contributed by atoms with Gasteiger partial charge in [-0.05, 0) is 32.3 Å². The van der Waals surface area contributed by atoms with Crippen LogP contribution in [0.4, 0.5) is 5.82 Å². The third-order valence-corrected chi connectivity index (χ3v) is 5.47. The van der Waals surface area contributed by atoms with Gasteiger partial charge in [0.15, 0.2) is 0 Å². The van der Waals surface area contributed by atoms with Crippen LogP contribution in [-0.2, 0) is 0 Å². The van der Waals surface area contributed by atoms with Gasteiger partial charge in [0.2, 0.25) is 0 Å². The van der Waals surface area contributed by atoms with E-state index in [1.165, 1.54) is 35.1 Å². The van der Waals surface area contributed by atoms with E-state index < -0.39 is 0 Å². The molecule has 1 fully saturated rings. The van der Waals surface area contributed by atoms with Gasteiger partial charge in [0.25, 0.3) is 0 Å². The third kappa shape index (κ3) is 2.52. The Labute approximate surface area is 123 Å². The van der Waals surface area contributed by atoms with Crippen molar-refractivity contribution >= 4 is 27.4 Å². The van der Waals surface area contributed by atoms with Crippen molar-refractivity contribution in [3.63, 3.8) is 0 Å². The zero-order valence-electron chi connectivity index (χ0n) is 12.1. The third-order valence-electron chi connectivity index (χ3n) is 4.36. The number of nitrogens with one attached hydrogen (secondary N) is 1. The second kappa shape index (κ2) is 5.66. The minimum atomic E-state index is 0.225. The zero-order chi connectivity index (χ0) is 14.1. The lowest BCUT2D eigenvalue weighted by Gasteiger charge is -2.23. The van der Waals surface area contributed by atoms with Crippen LogP contribution in [0.2, 0.25) is 0 Å². The van der Waals surface area contributed by atoms with Gasteiger partial charge < -0.3 is 11.1 Å². The molecule has 0 aliphatic heterocycles. The Balaban J connectivity index is 1.93. The van der Waals surface area contributed by atoms with Crippen LogP contribution < -0.4 is 11.1 Å². The van der Waals surface area contributed by atoms with Gasteiger partial charge in [-0.2, -0.15) is 0 Å². The summed E-state index contributed by atoms with van der Waals surface area (Å²) in [6.45, 7) is 4.29. The first-order valence-electron chi connectivity index (χ1n) is 7.39. The minimum absolute atomic E-state index is 0.225. The Kier molecular flexibility index (Phi) is 3.89. The normalized spacial score (nSPS) is 23.8. The van der Waals surface area contributed by atoms with E-state index in [4.69, 9.17) is 5.73 Å². The van der Waals surface area contributed by atoms with Gasteiger partial charge in [-0.25, -0.2) is 9.97 Å². The zero-order valence-corrected chi connectivity index (χ0v) is 13.0. The van der Waals surface area contributed by atoms with Crippen LogP contribution in [0.3, 0.4) is 0 Å². The first-order chi connectivity index (χ1) is 9.66. The summed E-state index contributed by atoms with van der Waals surface area (Å²) in [6.07, 6.45) is 7.68. The van der Waals surface area contributed by atoms with Crippen LogP contribution in [0, 0.1) is 13.8 Å². The van der Waals surface area contributed by atoms with Gasteiger partial charge in [0.05, 0.1) is 5.39 Å². The summed E-state index contributed by atoms with van der Waals surface area (Å²) in [5.41, 5.74) is 7.60. The van der Waals surface area contributed by atoms with E-state index >= 15 is 0 Å². The Morgan fingerprint density at radius 1 is 1.20 bits per heavy atom. The van der Waals surface area contributed by atoms with Crippen LogP contribution >= 0.6 is 11.3 Å². The van der Waals surface area contributed by atoms with Gasteiger partial charge in [-0.15, -0.1) is 11.3 Å². The lowest BCUT2D eigenvalue weighted by molar-refractivity contribution is 0.527. The molecule has 5 heteroatoms. The fourth-order valence-electron chi connectivity index (χ4n) is 2.98. The number of hydrogen-bond acceptors (Lipinski definition) is 5. The Hall–Kier alpha value is -1.20. The number of nitrogens with zero attached hydrogens (tertiary/aromatic N) is 2. The molecule has 0 amide bonds. The molecule has 0 aromatic carbocycles. The molecule has 1 saturated carbocycles. The maximum Gasteiger partial charge on any atom is 0.138 e. The standard InChI is InChI=1S/C15H22N4S/c1-9-10(2)20-15-13(9)14(17-8-18-15)19-12-7-5-3-4-6-11(12)16/h8,11-12H,3-7,16H2,1-2H3,(H,17,18,19). The van der Waals surface area contributed by atoms with Crippen molar-refractivity contribution in [3.8, 4) is 0 Å². The first-order valence-corrected chi connectivity index (χ1v) is 8.21. The molecule has 3 rings (SSSR count). The maximum absolute atomic E-state index is 6.31. The second-order valence-electron chi connectivity index (χ2n) is 5.74. The van der Waals surface area contributed by atoms with Crippen molar-refractivity contribution in [3.05, 3.63) is 16.8 Å². The molecular weight excluding hydrogens is 268 g/mol. The highest BCUT2D eigenvalue weighted by atomic mass is 32.1. The Morgan fingerprint density at radius 2 is 2.00 bits per heavy atom. The van der Waals surface area contributed by atoms with Gasteiger partial charge >= 0.3 is 0 Å². The molecule has 20 heavy (non-hydrogen) atoms. The van der Waals surface area contributed by atoms with Crippen molar-refractivity contribution in [1.29, 1.82) is 0 Å². The number of hydrogen-bond donors (Lipinski definition) is 2. The number of aryl methyl sites for hydroxylation is 2. The first kappa shape index (κ1) is 13.8. The van der Waals surface area contributed by atoms with Crippen molar-refractivity contribution in [1.82, 2.24) is 9.97 Å². The fourth-order valence-corrected chi connectivity index (χ4v) is 3.98. The number of anilines is 1. The van der Waals surface area contributed by atoms with Crippen molar-refractivity contribution in [2.75, 3.05) is 5.32 Å². The highest BCUT2D eigenvalue weighted by Gasteiger charge is 2.22. The fraction of sp³-hybridized carbons (Fsp3) is 0.600. The SMILES string of the molecule is Cc1sc2ncnc(NC3CCCCCC3N)c2c1C. The summed E-state index contributed by atoms with van der Waals surface area (Å²) in [7, 11) is 0. The predicted molar refractivity (Wildman–Crippen MR) is 85.4 cm³/mol. The molecular formula is C15H22N4S. The predicted octanol–water partition coefficient (Wildman–Crippen LogP) is 3.38. The molecule has 2 aromatic heterocycles. The molecule has 4 nitrogen and oxygen atoms in total. The van der Waals surface area contributed by atoms with Crippen LogP contribution in [0.1, 0.15) is 42.5 Å². The van der Waals surface area contributed by atoms with E-state index in [1.54, 1.807) is 17.7 Å². The van der Waals surface area contributed by atoms with Gasteiger partial charge in [0, 0.05) is 17.0 Å². The molecule has 2 aromatic rings. The molecule has 2 atom stereocenters. The van der Waals surface area contributed by atoms with Crippen molar-refractivity contribution < 1.29 is 0 Å². The van der Waals surface area contributed by atoms with E-state index in [1.807, 2.05) is 0 Å². The van der Waals surface area contributed by atoms with E-state index in [0.29, 0.717) is 6.04 Å². The quantitative estimate of drug-likeness (QED) is 0.832. The van der Waals surface area contributed by atoms with Crippen molar-refractivity contribution in [2.24, 2.45) is 5.73 Å². The molecule has 1 aliphatic rings. The van der Waals surface area contributed by atoms with Gasteiger partial charge in [-0.1, -0.05) is 19.3 Å². The molecule has 0 spiro atoms. The smallest absolute Gasteiger partial charge is 0.138 e. The molecule has 1 aliphatic carbocycles. The summed E-state index contributed by atoms with van der Waals surface area (Å²) in [4.78, 5) is 11.2. The highest BCUT2D eigenvalue weighted by molar-refractivity contribution is 7.18. The largest absolute Gasteiger partial charge is 0.365 e. The number of aromatic nitrogens is 2. The topological polar surface area (TPSA) is 63.8 Å². The molecule has 108 valence electrons. The summed E-state index contributed by atoms with van der Waals surface area (Å²) >= 11 is 1.74. The van der Waals surface area contributed by atoms with Crippen LogP contribution in [0.5, 0.6) is 0 Å². The van der Waals surface area contributed by atoms with E-state index in [9.17, 15) is 0 Å². The summed E-state index contributed by atoms with van der Waals surface area (Å²) < 4.78 is 0. The highest BCUT2D eigenvalue weighted by Crippen LogP contribution is 2.33.